The van der Waals surface area contributed by atoms with E-state index in [4.69, 9.17) is 0 Å². The molecule has 2 nitrogen and oxygen atoms in total. The monoisotopic (exact) mass is 365 g/mol. The van der Waals surface area contributed by atoms with Crippen molar-refractivity contribution >= 4 is 33.2 Å². The van der Waals surface area contributed by atoms with Crippen LogP contribution in [0.2, 0.25) is 0 Å². The standard InChI is InChI=1S/C17H20BrNOS/c1-11(2)9-14(13-7-5-4-6-8-13)19-17(20)15-10-12(3)16(18)21-15/h4-8,10-11,14H,9H2,1-3H3,(H,19,20). The van der Waals surface area contributed by atoms with Gasteiger partial charge in [0.05, 0.1) is 14.7 Å². The maximum atomic E-state index is 12.5. The molecule has 1 amide bonds. The lowest BCUT2D eigenvalue weighted by Gasteiger charge is -2.20. The number of nitrogens with one attached hydrogen (secondary N) is 1. The zero-order valence-corrected chi connectivity index (χ0v) is 14.9. The molecule has 1 aromatic heterocycles. The number of amides is 1. The minimum absolute atomic E-state index is 0.00306. The van der Waals surface area contributed by atoms with Crippen LogP contribution in [0, 0.1) is 12.8 Å². The van der Waals surface area contributed by atoms with Crippen LogP contribution in [0.15, 0.2) is 40.2 Å². The molecule has 0 fully saturated rings. The van der Waals surface area contributed by atoms with Crippen LogP contribution >= 0.6 is 27.3 Å². The first-order chi connectivity index (χ1) is 9.97. The van der Waals surface area contributed by atoms with Crippen LogP contribution in [0.3, 0.4) is 0 Å². The van der Waals surface area contributed by atoms with Gasteiger partial charge in [0.15, 0.2) is 0 Å². The van der Waals surface area contributed by atoms with Crippen molar-refractivity contribution in [2.45, 2.75) is 33.2 Å². The van der Waals surface area contributed by atoms with Crippen molar-refractivity contribution in [3.8, 4) is 0 Å². The summed E-state index contributed by atoms with van der Waals surface area (Å²) < 4.78 is 1.02. The average molecular weight is 366 g/mol. The number of rotatable bonds is 5. The number of carbonyl (C=O) groups is 1. The van der Waals surface area contributed by atoms with E-state index in [2.05, 4.69) is 47.2 Å². The minimum atomic E-state index is 0.00306. The number of aryl methyl sites for hydroxylation is 1. The van der Waals surface area contributed by atoms with Crippen molar-refractivity contribution in [2.24, 2.45) is 5.92 Å². The maximum Gasteiger partial charge on any atom is 0.261 e. The third kappa shape index (κ3) is 4.42. The van der Waals surface area contributed by atoms with Crippen LogP contribution in [-0.2, 0) is 0 Å². The number of hydrogen-bond acceptors (Lipinski definition) is 2. The van der Waals surface area contributed by atoms with Gasteiger partial charge in [-0.2, -0.15) is 0 Å². The van der Waals surface area contributed by atoms with Crippen LogP contribution in [-0.4, -0.2) is 5.91 Å². The molecular formula is C17H20BrNOS. The molecule has 1 unspecified atom stereocenters. The van der Waals surface area contributed by atoms with Crippen LogP contribution in [0.5, 0.6) is 0 Å². The molecule has 1 heterocycles. The Morgan fingerprint density at radius 2 is 1.95 bits per heavy atom. The van der Waals surface area contributed by atoms with E-state index in [1.54, 1.807) is 0 Å². The largest absolute Gasteiger partial charge is 0.345 e. The summed E-state index contributed by atoms with van der Waals surface area (Å²) >= 11 is 4.96. The summed E-state index contributed by atoms with van der Waals surface area (Å²) in [7, 11) is 0. The topological polar surface area (TPSA) is 29.1 Å². The molecule has 1 aromatic carbocycles. The van der Waals surface area contributed by atoms with Crippen molar-refractivity contribution in [2.75, 3.05) is 0 Å². The second kappa shape index (κ2) is 7.23. The van der Waals surface area contributed by atoms with E-state index in [0.717, 1.165) is 26.2 Å². The fraction of sp³-hybridized carbons (Fsp3) is 0.353. The molecule has 2 rings (SSSR count). The molecule has 21 heavy (non-hydrogen) atoms. The van der Waals surface area contributed by atoms with Crippen molar-refractivity contribution in [3.63, 3.8) is 0 Å². The number of thiophene rings is 1. The lowest BCUT2D eigenvalue weighted by molar-refractivity contribution is 0.0936. The first-order valence-electron chi connectivity index (χ1n) is 7.09. The van der Waals surface area contributed by atoms with Crippen LogP contribution < -0.4 is 5.32 Å². The summed E-state index contributed by atoms with van der Waals surface area (Å²) in [4.78, 5) is 13.2. The van der Waals surface area contributed by atoms with Crippen LogP contribution in [0.1, 0.15) is 47.1 Å². The molecule has 2 aromatic rings. The molecular weight excluding hydrogens is 346 g/mol. The number of carbonyl (C=O) groups excluding carboxylic acids is 1. The first-order valence-corrected chi connectivity index (χ1v) is 8.70. The summed E-state index contributed by atoms with van der Waals surface area (Å²) in [6, 6.07) is 12.2. The molecule has 0 aliphatic rings. The Morgan fingerprint density at radius 3 is 2.48 bits per heavy atom. The number of halogens is 1. The van der Waals surface area contributed by atoms with Gasteiger partial charge in [-0.05, 0) is 52.4 Å². The Bertz CT molecular complexity index is 587. The van der Waals surface area contributed by atoms with E-state index >= 15 is 0 Å². The van der Waals surface area contributed by atoms with E-state index in [-0.39, 0.29) is 11.9 Å². The number of benzene rings is 1. The van der Waals surface area contributed by atoms with Crippen LogP contribution in [0.25, 0.3) is 0 Å². The van der Waals surface area contributed by atoms with Gasteiger partial charge in [-0.3, -0.25) is 4.79 Å². The van der Waals surface area contributed by atoms with E-state index in [1.807, 2.05) is 31.2 Å². The predicted molar refractivity (Wildman–Crippen MR) is 92.9 cm³/mol. The molecule has 0 spiro atoms. The Labute approximate surface area is 138 Å². The molecule has 0 radical (unpaired) electrons. The van der Waals surface area contributed by atoms with E-state index < -0.39 is 0 Å². The fourth-order valence-electron chi connectivity index (χ4n) is 2.24. The van der Waals surface area contributed by atoms with Gasteiger partial charge in [-0.25, -0.2) is 0 Å². The molecule has 0 saturated heterocycles. The summed E-state index contributed by atoms with van der Waals surface area (Å²) in [6.45, 7) is 6.35. The molecule has 1 atom stereocenters. The quantitative estimate of drug-likeness (QED) is 0.761. The molecule has 112 valence electrons. The summed E-state index contributed by atoms with van der Waals surface area (Å²) in [5.41, 5.74) is 2.26. The van der Waals surface area contributed by atoms with Gasteiger partial charge in [-0.1, -0.05) is 44.2 Å². The Kier molecular flexibility index (Phi) is 5.59. The highest BCUT2D eigenvalue weighted by Gasteiger charge is 2.18. The van der Waals surface area contributed by atoms with Crippen molar-refractivity contribution in [1.82, 2.24) is 5.32 Å². The summed E-state index contributed by atoms with van der Waals surface area (Å²) in [5.74, 6) is 0.524. The van der Waals surface area contributed by atoms with Gasteiger partial charge in [0.1, 0.15) is 0 Å². The molecule has 0 saturated carbocycles. The third-order valence-corrected chi connectivity index (χ3v) is 5.43. The second-order valence-corrected chi connectivity index (χ2v) is 8.00. The zero-order chi connectivity index (χ0) is 15.4. The molecule has 1 N–H and O–H groups in total. The lowest BCUT2D eigenvalue weighted by Crippen LogP contribution is -2.28. The highest BCUT2D eigenvalue weighted by Crippen LogP contribution is 2.28. The second-order valence-electron chi connectivity index (χ2n) is 5.63. The van der Waals surface area contributed by atoms with E-state index in [0.29, 0.717) is 5.92 Å². The third-order valence-electron chi connectivity index (χ3n) is 3.30. The van der Waals surface area contributed by atoms with Crippen LogP contribution in [0.4, 0.5) is 0 Å². The van der Waals surface area contributed by atoms with Gasteiger partial charge in [0, 0.05) is 0 Å². The number of hydrogen-bond donors (Lipinski definition) is 1. The maximum absolute atomic E-state index is 12.5. The highest BCUT2D eigenvalue weighted by atomic mass is 79.9. The van der Waals surface area contributed by atoms with Crippen molar-refractivity contribution in [1.29, 1.82) is 0 Å². The Morgan fingerprint density at radius 1 is 1.29 bits per heavy atom. The van der Waals surface area contributed by atoms with E-state index in [9.17, 15) is 4.79 Å². The molecule has 4 heteroatoms. The van der Waals surface area contributed by atoms with Gasteiger partial charge in [0.2, 0.25) is 0 Å². The normalized spacial score (nSPS) is 12.4. The highest BCUT2D eigenvalue weighted by molar-refractivity contribution is 9.11. The molecule has 0 aliphatic carbocycles. The molecule has 0 bridgehead atoms. The lowest BCUT2D eigenvalue weighted by atomic mass is 9.97. The predicted octanol–water partition coefficient (Wildman–Crippen LogP) is 5.34. The smallest absolute Gasteiger partial charge is 0.261 e. The van der Waals surface area contributed by atoms with Crippen molar-refractivity contribution in [3.05, 3.63) is 56.2 Å². The van der Waals surface area contributed by atoms with Gasteiger partial charge in [0.25, 0.3) is 5.91 Å². The fourth-order valence-corrected chi connectivity index (χ4v) is 3.67. The minimum Gasteiger partial charge on any atom is -0.345 e. The SMILES string of the molecule is Cc1cc(C(=O)NC(CC(C)C)c2ccccc2)sc1Br. The summed E-state index contributed by atoms with van der Waals surface area (Å²) in [5, 5.41) is 3.17. The van der Waals surface area contributed by atoms with Gasteiger partial charge >= 0.3 is 0 Å². The Balaban J connectivity index is 2.17. The Hall–Kier alpha value is -1.13. The average Bonchev–Trinajstić information content (AvgIpc) is 2.78. The van der Waals surface area contributed by atoms with Crippen molar-refractivity contribution < 1.29 is 4.79 Å². The van der Waals surface area contributed by atoms with Gasteiger partial charge in [-0.15, -0.1) is 11.3 Å². The molecule has 0 aliphatic heterocycles. The zero-order valence-electron chi connectivity index (χ0n) is 12.5. The summed E-state index contributed by atoms with van der Waals surface area (Å²) in [6.07, 6.45) is 0.932. The van der Waals surface area contributed by atoms with Gasteiger partial charge < -0.3 is 5.32 Å². The first kappa shape index (κ1) is 16.2. The van der Waals surface area contributed by atoms with E-state index in [1.165, 1.54) is 11.3 Å².